The van der Waals surface area contributed by atoms with E-state index in [2.05, 4.69) is 13.8 Å². The molecule has 156 valence electrons. The summed E-state index contributed by atoms with van der Waals surface area (Å²) in [6.45, 7) is 7.58. The molecule has 28 heavy (non-hydrogen) atoms. The van der Waals surface area contributed by atoms with E-state index < -0.39 is 6.10 Å². The van der Waals surface area contributed by atoms with Gasteiger partial charge in [-0.1, -0.05) is 13.8 Å². The highest BCUT2D eigenvalue weighted by Gasteiger charge is 2.62. The van der Waals surface area contributed by atoms with Crippen LogP contribution in [0.4, 0.5) is 0 Å². The van der Waals surface area contributed by atoms with Gasteiger partial charge in [0.15, 0.2) is 11.9 Å². The largest absolute Gasteiger partial charge is 0.462 e. The van der Waals surface area contributed by atoms with Crippen molar-refractivity contribution in [3.63, 3.8) is 0 Å². The van der Waals surface area contributed by atoms with Crippen LogP contribution in [0.2, 0.25) is 0 Å². The molecular weight excluding hydrogens is 356 g/mol. The van der Waals surface area contributed by atoms with E-state index in [1.165, 1.54) is 20.3 Å². The lowest BCUT2D eigenvalue weighted by molar-refractivity contribution is -0.175. The lowest BCUT2D eigenvalue weighted by Crippen LogP contribution is -2.56. The van der Waals surface area contributed by atoms with Crippen LogP contribution in [0.25, 0.3) is 0 Å². The summed E-state index contributed by atoms with van der Waals surface area (Å²) in [4.78, 5) is 35.6. The second-order valence-electron chi connectivity index (χ2n) is 10.3. The minimum atomic E-state index is -0.566. The maximum absolute atomic E-state index is 12.5. The van der Waals surface area contributed by atoms with Crippen molar-refractivity contribution in [3.05, 3.63) is 0 Å². The van der Waals surface area contributed by atoms with Gasteiger partial charge in [0.1, 0.15) is 6.10 Å². The van der Waals surface area contributed by atoms with Gasteiger partial charge >= 0.3 is 11.9 Å². The Morgan fingerprint density at radius 1 is 0.893 bits per heavy atom. The second-order valence-corrected chi connectivity index (χ2v) is 10.3. The summed E-state index contributed by atoms with van der Waals surface area (Å²) in [6, 6.07) is 0. The Morgan fingerprint density at radius 3 is 2.25 bits per heavy atom. The zero-order valence-electron chi connectivity index (χ0n) is 17.7. The van der Waals surface area contributed by atoms with Gasteiger partial charge in [-0.3, -0.25) is 14.4 Å². The van der Waals surface area contributed by atoms with E-state index in [1.807, 2.05) is 0 Å². The van der Waals surface area contributed by atoms with Gasteiger partial charge in [-0.2, -0.15) is 0 Å². The van der Waals surface area contributed by atoms with Gasteiger partial charge in [0, 0.05) is 25.7 Å². The van der Waals surface area contributed by atoms with Crippen molar-refractivity contribution in [2.24, 2.45) is 34.5 Å². The van der Waals surface area contributed by atoms with Crippen molar-refractivity contribution >= 4 is 17.7 Å². The summed E-state index contributed by atoms with van der Waals surface area (Å²) in [5, 5.41) is 0. The Balaban J connectivity index is 1.58. The summed E-state index contributed by atoms with van der Waals surface area (Å²) < 4.78 is 11.1. The van der Waals surface area contributed by atoms with Crippen LogP contribution in [0.1, 0.15) is 79.1 Å². The predicted molar refractivity (Wildman–Crippen MR) is 103 cm³/mol. The van der Waals surface area contributed by atoms with Crippen LogP contribution in [-0.2, 0) is 23.9 Å². The lowest BCUT2D eigenvalue weighted by Gasteiger charge is -2.60. The smallest absolute Gasteiger partial charge is 0.303 e. The number of hydrogen-bond donors (Lipinski definition) is 0. The molecule has 8 atom stereocenters. The van der Waals surface area contributed by atoms with Crippen LogP contribution in [0.3, 0.4) is 0 Å². The van der Waals surface area contributed by atoms with Crippen LogP contribution in [0.5, 0.6) is 0 Å². The van der Waals surface area contributed by atoms with Crippen LogP contribution < -0.4 is 0 Å². The number of ether oxygens (including phenoxy) is 2. The summed E-state index contributed by atoms with van der Waals surface area (Å²) in [6.07, 6.45) is 7.25. The Morgan fingerprint density at radius 2 is 1.57 bits per heavy atom. The molecule has 5 nitrogen and oxygen atoms in total. The first-order valence-corrected chi connectivity index (χ1v) is 11.0. The second kappa shape index (κ2) is 6.84. The van der Waals surface area contributed by atoms with E-state index in [1.54, 1.807) is 0 Å². The lowest BCUT2D eigenvalue weighted by atomic mass is 9.45. The third-order valence-corrected chi connectivity index (χ3v) is 9.03. The molecule has 0 heterocycles. The highest BCUT2D eigenvalue weighted by Crippen LogP contribution is 2.66. The normalized spacial score (nSPS) is 47.5. The molecule has 0 spiro atoms. The molecule has 0 radical (unpaired) electrons. The third-order valence-electron chi connectivity index (χ3n) is 9.03. The van der Waals surface area contributed by atoms with E-state index in [0.717, 1.165) is 32.1 Å². The summed E-state index contributed by atoms with van der Waals surface area (Å²) in [7, 11) is 0. The molecule has 0 amide bonds. The molecule has 4 aliphatic rings. The number of Topliss-reactive ketones (excluding diaryl/α,β-unsaturated/α-hetero) is 1. The highest BCUT2D eigenvalue weighted by atomic mass is 16.5. The van der Waals surface area contributed by atoms with E-state index >= 15 is 0 Å². The Bertz CT molecular complexity index is 686. The number of fused-ring (bicyclic) bond motifs is 5. The third kappa shape index (κ3) is 3.00. The molecule has 0 aromatic carbocycles. The van der Waals surface area contributed by atoms with Gasteiger partial charge in [-0.15, -0.1) is 0 Å². The Labute approximate surface area is 167 Å². The molecule has 4 aliphatic carbocycles. The molecule has 4 fully saturated rings. The van der Waals surface area contributed by atoms with Crippen molar-refractivity contribution in [1.29, 1.82) is 0 Å². The molecule has 0 aromatic heterocycles. The van der Waals surface area contributed by atoms with Crippen molar-refractivity contribution in [3.8, 4) is 0 Å². The summed E-state index contributed by atoms with van der Waals surface area (Å²) in [5.41, 5.74) is 0.133. The van der Waals surface area contributed by atoms with E-state index in [0.29, 0.717) is 36.5 Å². The van der Waals surface area contributed by atoms with E-state index in [9.17, 15) is 14.4 Å². The fourth-order valence-corrected chi connectivity index (χ4v) is 7.73. The molecule has 5 heteroatoms. The van der Waals surface area contributed by atoms with Gasteiger partial charge in [-0.05, 0) is 74.0 Å². The quantitative estimate of drug-likeness (QED) is 0.665. The molecule has 0 saturated heterocycles. The van der Waals surface area contributed by atoms with Crippen LogP contribution in [-0.4, -0.2) is 29.9 Å². The van der Waals surface area contributed by atoms with Gasteiger partial charge in [-0.25, -0.2) is 0 Å². The number of carbonyl (C=O) groups is 3. The summed E-state index contributed by atoms with van der Waals surface area (Å²) in [5.74, 6) is 1.75. The van der Waals surface area contributed by atoms with Crippen molar-refractivity contribution in [2.75, 3.05) is 0 Å². The van der Waals surface area contributed by atoms with Crippen molar-refractivity contribution in [1.82, 2.24) is 0 Å². The number of ketones is 1. The molecule has 0 aliphatic heterocycles. The fourth-order valence-electron chi connectivity index (χ4n) is 7.73. The SMILES string of the molecule is CC(=O)OC1CCC2C3CCC4CC(=O)[C@@H](OC(C)=O)CC4(C)C3CCC12C. The average molecular weight is 391 g/mol. The maximum Gasteiger partial charge on any atom is 0.303 e. The number of carbonyl (C=O) groups excluding carboxylic acids is 3. The number of rotatable bonds is 2. The average Bonchev–Trinajstić information content (AvgIpc) is 2.92. The minimum absolute atomic E-state index is 0.0446. The van der Waals surface area contributed by atoms with Gasteiger partial charge in [0.25, 0.3) is 0 Å². The molecule has 0 bridgehead atoms. The first-order valence-electron chi connectivity index (χ1n) is 11.0. The molecule has 4 rings (SSSR count). The van der Waals surface area contributed by atoms with Crippen LogP contribution in [0, 0.1) is 34.5 Å². The standard InChI is InChI=1S/C23H34O5/c1-13(24)27-20-12-23(4)15(11-19(20)26)5-6-16-17-7-8-21(28-14(2)25)22(17,3)10-9-18(16)23/h15-18,20-21H,5-12H2,1-4H3/t15?,16?,17?,18?,20-,21?,22?,23?/m0/s1. The fraction of sp³-hybridized carbons (Fsp3) is 0.870. The topological polar surface area (TPSA) is 69.7 Å². The Hall–Kier alpha value is -1.39. The van der Waals surface area contributed by atoms with Crippen molar-refractivity contribution in [2.45, 2.75) is 91.3 Å². The van der Waals surface area contributed by atoms with Gasteiger partial charge in [0.2, 0.25) is 0 Å². The monoisotopic (exact) mass is 390 g/mol. The first kappa shape index (κ1) is 19.9. The highest BCUT2D eigenvalue weighted by molar-refractivity contribution is 5.86. The van der Waals surface area contributed by atoms with E-state index in [4.69, 9.17) is 9.47 Å². The molecule has 0 aromatic rings. The number of esters is 2. The van der Waals surface area contributed by atoms with Gasteiger partial charge < -0.3 is 9.47 Å². The van der Waals surface area contributed by atoms with Crippen LogP contribution >= 0.6 is 0 Å². The molecule has 0 N–H and O–H groups in total. The van der Waals surface area contributed by atoms with E-state index in [-0.39, 0.29) is 34.7 Å². The summed E-state index contributed by atoms with van der Waals surface area (Å²) >= 11 is 0. The zero-order valence-corrected chi connectivity index (χ0v) is 17.7. The predicted octanol–water partition coefficient (Wildman–Crippen LogP) is 4.07. The van der Waals surface area contributed by atoms with Crippen molar-refractivity contribution < 1.29 is 23.9 Å². The maximum atomic E-state index is 12.5. The molecular formula is C23H34O5. The van der Waals surface area contributed by atoms with Gasteiger partial charge in [0.05, 0.1) is 0 Å². The Kier molecular flexibility index (Phi) is 4.86. The minimum Gasteiger partial charge on any atom is -0.462 e. The zero-order chi connectivity index (χ0) is 20.3. The molecule has 4 saturated carbocycles. The van der Waals surface area contributed by atoms with Crippen LogP contribution in [0.15, 0.2) is 0 Å². The number of hydrogen-bond acceptors (Lipinski definition) is 5. The first-order chi connectivity index (χ1) is 13.1. The molecule has 7 unspecified atom stereocenters.